The molecule has 0 unspecified atom stereocenters. The molecule has 3 aromatic carbocycles. The van der Waals surface area contributed by atoms with Gasteiger partial charge in [0.1, 0.15) is 10.1 Å². The Hall–Kier alpha value is -2.47. The van der Waals surface area contributed by atoms with Gasteiger partial charge in [0.2, 0.25) is 0 Å². The van der Waals surface area contributed by atoms with Crippen LogP contribution in [0.25, 0.3) is 0 Å². The lowest BCUT2D eigenvalue weighted by molar-refractivity contribution is -0.931. The zero-order valence-electron chi connectivity index (χ0n) is 21.0. The van der Waals surface area contributed by atoms with Gasteiger partial charge in [-0.1, -0.05) is 78.4 Å². The van der Waals surface area contributed by atoms with E-state index in [0.717, 1.165) is 23.6 Å². The Labute approximate surface area is 211 Å². The first-order valence-corrected chi connectivity index (χ1v) is 14.0. The Bertz CT molecular complexity index is 1140. The summed E-state index contributed by atoms with van der Waals surface area (Å²) in [7, 11) is 0.656. The van der Waals surface area contributed by atoms with Crippen molar-refractivity contribution in [1.82, 2.24) is 0 Å². The van der Waals surface area contributed by atoms with E-state index in [-0.39, 0.29) is 4.90 Å². The first-order chi connectivity index (χ1) is 16.6. The third-order valence-corrected chi connectivity index (χ3v) is 9.06. The minimum Gasteiger partial charge on any atom is -0.744 e. The number of aryl methyl sites for hydroxylation is 1. The van der Waals surface area contributed by atoms with Gasteiger partial charge in [0.15, 0.2) is 0 Å². The molecule has 2 fully saturated rings. The minimum atomic E-state index is -4.27. The zero-order chi connectivity index (χ0) is 25.1. The molecule has 5 rings (SSSR count). The van der Waals surface area contributed by atoms with Gasteiger partial charge in [0, 0.05) is 31.6 Å². The highest BCUT2D eigenvalue weighted by Gasteiger charge is 2.48. The van der Waals surface area contributed by atoms with E-state index in [2.05, 4.69) is 74.8 Å². The molecular weight excluding hydrogens is 454 g/mol. The largest absolute Gasteiger partial charge is 0.744 e. The monoisotopic (exact) mass is 491 g/mol. The fourth-order valence-corrected chi connectivity index (χ4v) is 6.53. The van der Waals surface area contributed by atoms with Crippen LogP contribution >= 0.6 is 0 Å². The highest BCUT2D eigenvalue weighted by molar-refractivity contribution is 7.85. The van der Waals surface area contributed by atoms with Crippen molar-refractivity contribution in [3.63, 3.8) is 0 Å². The molecule has 2 aliphatic rings. The summed E-state index contributed by atoms with van der Waals surface area (Å²) in [4.78, 5) is -0.178. The van der Waals surface area contributed by atoms with Gasteiger partial charge in [0.05, 0.1) is 31.1 Å². The van der Waals surface area contributed by atoms with E-state index in [4.69, 9.17) is 0 Å². The zero-order valence-corrected chi connectivity index (χ0v) is 21.8. The molecule has 35 heavy (non-hydrogen) atoms. The van der Waals surface area contributed by atoms with Crippen molar-refractivity contribution in [2.24, 2.45) is 5.92 Å². The lowest BCUT2D eigenvalue weighted by atomic mass is 9.78. The molecule has 186 valence electrons. The molecule has 0 amide bonds. The molecule has 3 atom stereocenters. The second-order valence-electron chi connectivity index (χ2n) is 10.7. The molecule has 3 aromatic rings. The Morgan fingerprint density at radius 1 is 0.800 bits per heavy atom. The lowest BCUT2D eigenvalue weighted by Crippen LogP contribution is -2.54. The summed E-state index contributed by atoms with van der Waals surface area (Å²) in [6.45, 7) is 1.82. The SMILES string of the molecule is C[N+]1(C)[C@@H]2CC[C@H]1C[C@@H](CC(c1ccccc1)c1ccccc1)C2.Cc1ccc(S(=O)(=O)[O-])cc1. The van der Waals surface area contributed by atoms with Gasteiger partial charge < -0.3 is 9.04 Å². The minimum absolute atomic E-state index is 0.178. The Balaban J connectivity index is 0.000000221. The topological polar surface area (TPSA) is 57.2 Å². The normalized spacial score (nSPS) is 22.9. The van der Waals surface area contributed by atoms with E-state index in [1.165, 1.54) is 59.8 Å². The quantitative estimate of drug-likeness (QED) is 0.319. The number of piperidine rings is 1. The fraction of sp³-hybridized carbons (Fsp3) is 0.400. The smallest absolute Gasteiger partial charge is 0.124 e. The summed E-state index contributed by atoms with van der Waals surface area (Å²) in [6.07, 6.45) is 7.02. The number of benzene rings is 3. The summed E-state index contributed by atoms with van der Waals surface area (Å²) < 4.78 is 32.4. The van der Waals surface area contributed by atoms with Crippen molar-refractivity contribution in [3.8, 4) is 0 Å². The van der Waals surface area contributed by atoms with Gasteiger partial charge in [0.25, 0.3) is 0 Å². The summed E-state index contributed by atoms with van der Waals surface area (Å²) in [5.41, 5.74) is 3.89. The molecule has 2 aliphatic heterocycles. The third kappa shape index (κ3) is 6.21. The number of hydrogen-bond donors (Lipinski definition) is 0. The van der Waals surface area contributed by atoms with Crippen LogP contribution < -0.4 is 0 Å². The average molecular weight is 492 g/mol. The van der Waals surface area contributed by atoms with Crippen molar-refractivity contribution in [3.05, 3.63) is 102 Å². The molecule has 0 spiro atoms. The number of fused-ring (bicyclic) bond motifs is 2. The first-order valence-electron chi connectivity index (χ1n) is 12.6. The molecule has 0 N–H and O–H groups in total. The molecule has 2 bridgehead atoms. The molecule has 0 aliphatic carbocycles. The van der Waals surface area contributed by atoms with E-state index in [1.807, 2.05) is 6.92 Å². The van der Waals surface area contributed by atoms with Crippen molar-refractivity contribution < 1.29 is 17.5 Å². The van der Waals surface area contributed by atoms with Gasteiger partial charge in [-0.05, 0) is 42.5 Å². The summed E-state index contributed by atoms with van der Waals surface area (Å²) in [5, 5.41) is 0. The highest BCUT2D eigenvalue weighted by Crippen LogP contribution is 2.45. The number of quaternary nitrogens is 1. The van der Waals surface area contributed by atoms with Crippen LogP contribution in [0.2, 0.25) is 0 Å². The van der Waals surface area contributed by atoms with Crippen LogP contribution in [0.15, 0.2) is 89.8 Å². The van der Waals surface area contributed by atoms with E-state index in [1.54, 1.807) is 12.1 Å². The first kappa shape index (κ1) is 25.6. The molecule has 2 saturated heterocycles. The van der Waals surface area contributed by atoms with Gasteiger partial charge in [-0.3, -0.25) is 0 Å². The highest BCUT2D eigenvalue weighted by atomic mass is 32.2. The molecule has 0 aromatic heterocycles. The molecule has 2 heterocycles. The standard InChI is InChI=1S/C23H30N.C7H8O3S/c1-24(2)21-13-14-22(24)16-18(15-21)17-23(19-9-5-3-6-10-19)20-11-7-4-8-12-20;1-6-2-4-7(5-3-6)11(8,9)10/h3-12,18,21-23H,13-17H2,1-2H3;2-5H,1H3,(H,8,9,10)/q+1;/p-1/t18-,21+,22-;. The molecule has 0 radical (unpaired) electrons. The Kier molecular flexibility index (Phi) is 7.80. The number of hydrogen-bond acceptors (Lipinski definition) is 3. The van der Waals surface area contributed by atoms with Crippen molar-refractivity contribution in [2.75, 3.05) is 14.1 Å². The predicted molar refractivity (Wildman–Crippen MR) is 140 cm³/mol. The van der Waals surface area contributed by atoms with Gasteiger partial charge in [-0.25, -0.2) is 8.42 Å². The maximum absolute atomic E-state index is 10.4. The molecular formula is C30H37NO3S. The van der Waals surface area contributed by atoms with E-state index >= 15 is 0 Å². The Morgan fingerprint density at radius 2 is 1.26 bits per heavy atom. The second kappa shape index (κ2) is 10.7. The van der Waals surface area contributed by atoms with Crippen LogP contribution in [0.5, 0.6) is 0 Å². The van der Waals surface area contributed by atoms with E-state index < -0.39 is 10.1 Å². The predicted octanol–water partition coefficient (Wildman–Crippen LogP) is 6.13. The lowest BCUT2D eigenvalue weighted by Gasteiger charge is -2.45. The maximum atomic E-state index is 10.4. The van der Waals surface area contributed by atoms with Crippen molar-refractivity contribution >= 4 is 10.1 Å². The van der Waals surface area contributed by atoms with E-state index in [0.29, 0.717) is 5.92 Å². The molecule has 0 saturated carbocycles. The Morgan fingerprint density at radius 3 is 1.69 bits per heavy atom. The van der Waals surface area contributed by atoms with E-state index in [9.17, 15) is 13.0 Å². The van der Waals surface area contributed by atoms with Crippen LogP contribution in [0, 0.1) is 12.8 Å². The molecule has 4 nitrogen and oxygen atoms in total. The van der Waals surface area contributed by atoms with Crippen molar-refractivity contribution in [1.29, 1.82) is 0 Å². The summed E-state index contributed by atoms with van der Waals surface area (Å²) in [5.74, 6) is 1.42. The van der Waals surface area contributed by atoms with Crippen LogP contribution in [-0.2, 0) is 10.1 Å². The van der Waals surface area contributed by atoms with Gasteiger partial charge in [-0.2, -0.15) is 0 Å². The van der Waals surface area contributed by atoms with Gasteiger partial charge >= 0.3 is 0 Å². The fourth-order valence-electron chi connectivity index (χ4n) is 6.06. The summed E-state index contributed by atoms with van der Waals surface area (Å²) in [6, 6.07) is 29.8. The third-order valence-electron chi connectivity index (χ3n) is 8.21. The number of rotatable bonds is 5. The van der Waals surface area contributed by atoms with Crippen LogP contribution in [0.1, 0.15) is 54.7 Å². The van der Waals surface area contributed by atoms with Gasteiger partial charge in [-0.15, -0.1) is 0 Å². The summed E-state index contributed by atoms with van der Waals surface area (Å²) >= 11 is 0. The number of nitrogens with zero attached hydrogens (tertiary/aromatic N) is 1. The van der Waals surface area contributed by atoms with Crippen molar-refractivity contribution in [2.45, 2.75) is 61.9 Å². The molecule has 5 heteroatoms. The maximum Gasteiger partial charge on any atom is 0.124 e. The van der Waals surface area contributed by atoms with Crippen LogP contribution in [-0.4, -0.2) is 43.6 Å². The second-order valence-corrected chi connectivity index (χ2v) is 12.1. The van der Waals surface area contributed by atoms with Crippen LogP contribution in [0.3, 0.4) is 0 Å². The average Bonchev–Trinajstić information content (AvgIpc) is 3.00. The van der Waals surface area contributed by atoms with Crippen LogP contribution in [0.4, 0.5) is 0 Å².